The third-order valence-corrected chi connectivity index (χ3v) is 3.36. The Hall–Kier alpha value is -2.18. The smallest absolute Gasteiger partial charge is 0.252 e. The van der Waals surface area contributed by atoms with E-state index in [1.165, 1.54) is 0 Å². The predicted octanol–water partition coefficient (Wildman–Crippen LogP) is 3.25. The van der Waals surface area contributed by atoms with Crippen LogP contribution >= 0.6 is 11.6 Å². The third kappa shape index (κ3) is 3.43. The number of hydrogen-bond donors (Lipinski definition) is 1. The van der Waals surface area contributed by atoms with Gasteiger partial charge in [0.2, 0.25) is 5.95 Å². The Morgan fingerprint density at radius 3 is 2.70 bits per heavy atom. The fraction of sp³-hybridized carbons (Fsp3) is 0.312. The number of aromatic nitrogens is 3. The van der Waals surface area contributed by atoms with Crippen molar-refractivity contribution in [1.29, 1.82) is 0 Å². The molecule has 1 aliphatic rings. The minimum Gasteiger partial charge on any atom is -0.366 e. The van der Waals surface area contributed by atoms with Crippen molar-refractivity contribution in [3.05, 3.63) is 35.5 Å². The van der Waals surface area contributed by atoms with Crippen LogP contribution in [-0.4, -0.2) is 32.7 Å². The Balaban J connectivity index is 1.89. The maximum absolute atomic E-state index is 12.1. The van der Waals surface area contributed by atoms with Crippen LogP contribution in [0.1, 0.15) is 20.8 Å². The van der Waals surface area contributed by atoms with Crippen molar-refractivity contribution >= 4 is 40.3 Å². The molecule has 0 saturated heterocycles. The number of ether oxygens (including phenoxy) is 1. The number of imidazole rings is 1. The first-order valence-electron chi connectivity index (χ1n) is 7.21. The Morgan fingerprint density at radius 1 is 1.35 bits per heavy atom. The molecular weight excluding hydrogens is 316 g/mol. The van der Waals surface area contributed by atoms with Gasteiger partial charge in [-0.2, -0.15) is 0 Å². The molecule has 2 heterocycles. The first kappa shape index (κ1) is 15.7. The van der Waals surface area contributed by atoms with E-state index in [0.717, 1.165) is 5.70 Å². The molecular formula is C16H17ClN4O2. The van der Waals surface area contributed by atoms with E-state index in [0.29, 0.717) is 22.3 Å². The number of fused-ring (bicyclic) bond motifs is 1. The first-order valence-corrected chi connectivity index (χ1v) is 7.59. The SMILES string of the molecule is CC(C)(C)OCC(=O)Nc1nc2ccc(Cl)nc2n1C1=CC=C1. The summed E-state index contributed by atoms with van der Waals surface area (Å²) in [7, 11) is 0. The average molecular weight is 333 g/mol. The van der Waals surface area contributed by atoms with Crippen LogP contribution in [0.2, 0.25) is 5.15 Å². The van der Waals surface area contributed by atoms with E-state index in [1.807, 2.05) is 39.0 Å². The van der Waals surface area contributed by atoms with E-state index in [2.05, 4.69) is 15.3 Å². The standard InChI is InChI=1S/C16H17ClN4O2/c1-16(2,3)23-9-13(22)20-15-18-11-7-8-12(17)19-14(11)21(15)10-5-4-6-10/h4-8H,9H2,1-3H3,(H,18,20,22). The molecule has 1 amide bonds. The van der Waals surface area contributed by atoms with Crippen LogP contribution in [0.4, 0.5) is 5.95 Å². The molecule has 0 aromatic carbocycles. The monoisotopic (exact) mass is 332 g/mol. The molecule has 1 N–H and O–H groups in total. The van der Waals surface area contributed by atoms with Crippen molar-refractivity contribution in [2.24, 2.45) is 0 Å². The minimum absolute atomic E-state index is 0.0459. The van der Waals surface area contributed by atoms with E-state index < -0.39 is 0 Å². The number of nitrogens with zero attached hydrogens (tertiary/aromatic N) is 3. The molecule has 120 valence electrons. The van der Waals surface area contributed by atoms with Gasteiger partial charge >= 0.3 is 0 Å². The van der Waals surface area contributed by atoms with E-state index in [-0.39, 0.29) is 18.1 Å². The number of anilines is 1. The third-order valence-electron chi connectivity index (χ3n) is 3.15. The number of allylic oxidation sites excluding steroid dienone is 4. The quantitative estimate of drug-likeness (QED) is 0.873. The van der Waals surface area contributed by atoms with Crippen molar-refractivity contribution in [2.45, 2.75) is 26.4 Å². The van der Waals surface area contributed by atoms with Crippen molar-refractivity contribution in [3.63, 3.8) is 0 Å². The van der Waals surface area contributed by atoms with E-state index >= 15 is 0 Å². The van der Waals surface area contributed by atoms with Crippen LogP contribution in [0.3, 0.4) is 0 Å². The van der Waals surface area contributed by atoms with Crippen LogP contribution in [0.15, 0.2) is 30.4 Å². The van der Waals surface area contributed by atoms with Gasteiger partial charge in [-0.25, -0.2) is 9.97 Å². The Labute approximate surface area is 138 Å². The van der Waals surface area contributed by atoms with Gasteiger partial charge in [-0.15, -0.1) is 0 Å². The predicted molar refractivity (Wildman–Crippen MR) is 90.3 cm³/mol. The highest BCUT2D eigenvalue weighted by molar-refractivity contribution is 6.29. The van der Waals surface area contributed by atoms with E-state index in [1.54, 1.807) is 16.7 Å². The molecule has 1 aliphatic carbocycles. The molecule has 0 saturated carbocycles. The Morgan fingerprint density at radius 2 is 2.09 bits per heavy atom. The zero-order valence-electron chi connectivity index (χ0n) is 13.1. The second kappa shape index (κ2) is 5.79. The summed E-state index contributed by atoms with van der Waals surface area (Å²) in [5, 5.41) is 3.14. The lowest BCUT2D eigenvalue weighted by molar-refractivity contribution is -0.125. The molecule has 3 rings (SSSR count). The van der Waals surface area contributed by atoms with Gasteiger partial charge in [0.15, 0.2) is 5.65 Å². The van der Waals surface area contributed by atoms with Crippen molar-refractivity contribution in [3.8, 4) is 0 Å². The van der Waals surface area contributed by atoms with Crippen LogP contribution < -0.4 is 5.32 Å². The van der Waals surface area contributed by atoms with Gasteiger partial charge < -0.3 is 4.74 Å². The number of rotatable bonds is 4. The number of carbonyl (C=O) groups excluding carboxylic acids is 1. The van der Waals surface area contributed by atoms with Gasteiger partial charge in [0.1, 0.15) is 17.3 Å². The van der Waals surface area contributed by atoms with Gasteiger partial charge in [-0.1, -0.05) is 17.7 Å². The molecule has 0 atom stereocenters. The van der Waals surface area contributed by atoms with Crippen LogP contribution in [0, 0.1) is 0 Å². The number of hydrogen-bond acceptors (Lipinski definition) is 4. The molecule has 0 unspecified atom stereocenters. The number of amides is 1. The highest BCUT2D eigenvalue weighted by Gasteiger charge is 2.19. The maximum atomic E-state index is 12.1. The van der Waals surface area contributed by atoms with E-state index in [9.17, 15) is 4.79 Å². The van der Waals surface area contributed by atoms with Crippen LogP contribution in [0.25, 0.3) is 16.9 Å². The highest BCUT2D eigenvalue weighted by Crippen LogP contribution is 2.27. The second-order valence-corrected chi connectivity index (χ2v) is 6.53. The summed E-state index contributed by atoms with van der Waals surface area (Å²) < 4.78 is 7.24. The molecule has 0 radical (unpaired) electrons. The lowest BCUT2D eigenvalue weighted by Crippen LogP contribution is -2.28. The minimum atomic E-state index is -0.383. The lowest BCUT2D eigenvalue weighted by Gasteiger charge is -2.19. The fourth-order valence-electron chi connectivity index (χ4n) is 2.04. The van der Waals surface area contributed by atoms with Crippen molar-refractivity contribution in [1.82, 2.24) is 14.5 Å². The topological polar surface area (TPSA) is 69.0 Å². The summed E-state index contributed by atoms with van der Waals surface area (Å²) in [4.78, 5) is 20.8. The van der Waals surface area contributed by atoms with Crippen molar-refractivity contribution in [2.75, 3.05) is 11.9 Å². The summed E-state index contributed by atoms with van der Waals surface area (Å²) in [6.45, 7) is 5.64. The molecule has 7 heteroatoms. The first-order chi connectivity index (χ1) is 10.8. The molecule has 0 aliphatic heterocycles. The zero-order chi connectivity index (χ0) is 16.6. The summed E-state index contributed by atoms with van der Waals surface area (Å²) in [5.41, 5.74) is 1.75. The summed E-state index contributed by atoms with van der Waals surface area (Å²) in [6, 6.07) is 3.44. The summed E-state index contributed by atoms with van der Waals surface area (Å²) in [6.07, 6.45) is 5.72. The Bertz CT molecular complexity index is 830. The largest absolute Gasteiger partial charge is 0.366 e. The molecule has 0 spiro atoms. The van der Waals surface area contributed by atoms with Gasteiger partial charge in [0, 0.05) is 0 Å². The van der Waals surface area contributed by atoms with Crippen LogP contribution in [-0.2, 0) is 9.53 Å². The van der Waals surface area contributed by atoms with E-state index in [4.69, 9.17) is 16.3 Å². The number of halogens is 1. The highest BCUT2D eigenvalue weighted by atomic mass is 35.5. The van der Waals surface area contributed by atoms with Gasteiger partial charge in [0.05, 0.1) is 11.3 Å². The van der Waals surface area contributed by atoms with Gasteiger partial charge in [-0.3, -0.25) is 14.7 Å². The average Bonchev–Trinajstić information content (AvgIpc) is 2.72. The van der Waals surface area contributed by atoms with Gasteiger partial charge in [0.25, 0.3) is 5.91 Å². The molecule has 6 nitrogen and oxygen atoms in total. The van der Waals surface area contributed by atoms with Gasteiger partial charge in [-0.05, 0) is 45.1 Å². The molecule has 2 aromatic heterocycles. The summed E-state index contributed by atoms with van der Waals surface area (Å²) in [5.74, 6) is 0.124. The molecule has 2 aromatic rings. The summed E-state index contributed by atoms with van der Waals surface area (Å²) >= 11 is 5.97. The second-order valence-electron chi connectivity index (χ2n) is 6.15. The number of pyridine rings is 1. The normalized spacial score (nSPS) is 13.8. The fourth-order valence-corrected chi connectivity index (χ4v) is 2.18. The molecule has 0 bridgehead atoms. The molecule has 23 heavy (non-hydrogen) atoms. The lowest BCUT2D eigenvalue weighted by atomic mass is 10.2. The van der Waals surface area contributed by atoms with Crippen LogP contribution in [0.5, 0.6) is 0 Å². The Kier molecular flexibility index (Phi) is 3.95. The zero-order valence-corrected chi connectivity index (χ0v) is 13.9. The molecule has 0 fully saturated rings. The van der Waals surface area contributed by atoms with Crippen molar-refractivity contribution < 1.29 is 9.53 Å². The number of carbonyl (C=O) groups is 1. The maximum Gasteiger partial charge on any atom is 0.252 e. The number of nitrogens with one attached hydrogen (secondary N) is 1.